The van der Waals surface area contributed by atoms with E-state index in [2.05, 4.69) is 5.32 Å². The van der Waals surface area contributed by atoms with Crippen LogP contribution in [0.5, 0.6) is 0 Å². The van der Waals surface area contributed by atoms with Crippen LogP contribution in [0.1, 0.15) is 5.56 Å². The highest BCUT2D eigenvalue weighted by atomic mass is 32.1. The van der Waals surface area contributed by atoms with Crippen molar-refractivity contribution >= 4 is 35.2 Å². The van der Waals surface area contributed by atoms with E-state index in [1.54, 1.807) is 20.2 Å². The van der Waals surface area contributed by atoms with Crippen LogP contribution in [0.15, 0.2) is 35.9 Å². The van der Waals surface area contributed by atoms with Crippen molar-refractivity contribution in [2.45, 2.75) is 0 Å². The van der Waals surface area contributed by atoms with Crippen LogP contribution in [0.25, 0.3) is 6.08 Å². The molecule has 1 aliphatic heterocycles. The second-order valence-electron chi connectivity index (χ2n) is 4.19. The van der Waals surface area contributed by atoms with Crippen LogP contribution in [0.3, 0.4) is 0 Å². The van der Waals surface area contributed by atoms with Gasteiger partial charge in [0.1, 0.15) is 5.57 Å². The Bertz CT molecular complexity index is 567. The van der Waals surface area contributed by atoms with E-state index >= 15 is 0 Å². The second kappa shape index (κ2) is 5.29. The number of thiocarbonyl (C=S) groups is 1. The first-order valence-electron chi connectivity index (χ1n) is 5.64. The van der Waals surface area contributed by atoms with Crippen LogP contribution in [0.4, 0.5) is 0 Å². The lowest BCUT2D eigenvalue weighted by atomic mass is 10.1. The highest BCUT2D eigenvalue weighted by Gasteiger charge is 2.34. The van der Waals surface area contributed by atoms with Gasteiger partial charge in [0, 0.05) is 14.1 Å². The molecule has 0 spiro atoms. The Morgan fingerprint density at radius 2 is 1.84 bits per heavy atom. The average molecular weight is 275 g/mol. The lowest BCUT2D eigenvalue weighted by molar-refractivity contribution is -0.136. The van der Waals surface area contributed by atoms with Gasteiger partial charge in [0.15, 0.2) is 5.11 Å². The zero-order valence-corrected chi connectivity index (χ0v) is 11.4. The molecule has 0 radical (unpaired) electrons. The summed E-state index contributed by atoms with van der Waals surface area (Å²) in [6.45, 7) is 0. The first-order chi connectivity index (χ1) is 9.00. The summed E-state index contributed by atoms with van der Waals surface area (Å²) in [4.78, 5) is 24.1. The molecule has 1 aliphatic rings. The summed E-state index contributed by atoms with van der Waals surface area (Å²) >= 11 is 4.98. The van der Waals surface area contributed by atoms with Gasteiger partial charge in [0.2, 0.25) is 0 Å². The normalized spacial score (nSPS) is 18.2. The van der Waals surface area contributed by atoms with Gasteiger partial charge < -0.3 is 0 Å². The molecule has 19 heavy (non-hydrogen) atoms. The van der Waals surface area contributed by atoms with Crippen molar-refractivity contribution in [3.63, 3.8) is 0 Å². The highest BCUT2D eigenvalue weighted by molar-refractivity contribution is 7.80. The molecule has 2 amide bonds. The minimum Gasteiger partial charge on any atom is -0.297 e. The number of benzene rings is 1. The van der Waals surface area contributed by atoms with Crippen molar-refractivity contribution in [1.82, 2.24) is 15.3 Å². The van der Waals surface area contributed by atoms with Gasteiger partial charge in [0.25, 0.3) is 11.8 Å². The van der Waals surface area contributed by atoms with E-state index in [1.165, 1.54) is 10.0 Å². The lowest BCUT2D eigenvalue weighted by Crippen LogP contribution is -2.58. The molecule has 0 saturated carbocycles. The fraction of sp³-hybridized carbons (Fsp3) is 0.154. The quantitative estimate of drug-likeness (QED) is 0.492. The summed E-state index contributed by atoms with van der Waals surface area (Å²) in [6.07, 6.45) is 1.55. The van der Waals surface area contributed by atoms with E-state index in [-0.39, 0.29) is 10.7 Å². The van der Waals surface area contributed by atoms with Gasteiger partial charge in [-0.2, -0.15) is 0 Å². The third kappa shape index (κ3) is 2.69. The molecule has 0 bridgehead atoms. The standard InChI is InChI=1S/C13H13N3O2S/c1-15(2)16-12(18)10(11(17)14-13(16)19)8-9-6-4-3-5-7-9/h3-8H,1-2H3,(H,14,17,19). The largest absolute Gasteiger partial charge is 0.297 e. The van der Waals surface area contributed by atoms with Crippen LogP contribution < -0.4 is 5.32 Å². The monoisotopic (exact) mass is 275 g/mol. The lowest BCUT2D eigenvalue weighted by Gasteiger charge is -2.33. The summed E-state index contributed by atoms with van der Waals surface area (Å²) in [5, 5.41) is 5.36. The molecule has 1 aromatic rings. The van der Waals surface area contributed by atoms with Crippen molar-refractivity contribution in [1.29, 1.82) is 0 Å². The number of amides is 2. The van der Waals surface area contributed by atoms with E-state index < -0.39 is 11.8 Å². The van der Waals surface area contributed by atoms with Crippen molar-refractivity contribution in [3.05, 3.63) is 41.5 Å². The van der Waals surface area contributed by atoms with Gasteiger partial charge in [-0.3, -0.25) is 14.9 Å². The Morgan fingerprint density at radius 1 is 1.21 bits per heavy atom. The Morgan fingerprint density at radius 3 is 2.42 bits per heavy atom. The number of nitrogens with zero attached hydrogens (tertiary/aromatic N) is 2. The number of hydrogen-bond acceptors (Lipinski definition) is 4. The van der Waals surface area contributed by atoms with Gasteiger partial charge in [-0.1, -0.05) is 30.3 Å². The Kier molecular flexibility index (Phi) is 3.73. The fourth-order valence-electron chi connectivity index (χ4n) is 1.73. The number of hydrogen-bond donors (Lipinski definition) is 1. The van der Waals surface area contributed by atoms with E-state index in [9.17, 15) is 9.59 Å². The molecular formula is C13H13N3O2S. The smallest absolute Gasteiger partial charge is 0.280 e. The Balaban J connectivity index is 2.39. The van der Waals surface area contributed by atoms with Crippen LogP contribution in [-0.2, 0) is 9.59 Å². The van der Waals surface area contributed by atoms with Crippen molar-refractivity contribution in [2.24, 2.45) is 0 Å². The first kappa shape index (κ1) is 13.4. The zero-order valence-electron chi connectivity index (χ0n) is 10.6. The van der Waals surface area contributed by atoms with Crippen LogP contribution >= 0.6 is 12.2 Å². The van der Waals surface area contributed by atoms with Gasteiger partial charge in [-0.05, 0) is 23.9 Å². The predicted molar refractivity (Wildman–Crippen MR) is 75.7 cm³/mol. The maximum absolute atomic E-state index is 12.3. The van der Waals surface area contributed by atoms with E-state index in [4.69, 9.17) is 12.2 Å². The molecule has 0 atom stereocenters. The van der Waals surface area contributed by atoms with Gasteiger partial charge >= 0.3 is 0 Å². The fourth-order valence-corrected chi connectivity index (χ4v) is 2.07. The van der Waals surface area contributed by atoms with Gasteiger partial charge in [0.05, 0.1) is 0 Å². The van der Waals surface area contributed by atoms with Crippen molar-refractivity contribution in [3.8, 4) is 0 Å². The van der Waals surface area contributed by atoms with E-state index in [0.717, 1.165) is 5.56 Å². The number of rotatable bonds is 2. The minimum absolute atomic E-state index is 0.0634. The van der Waals surface area contributed by atoms with Crippen LogP contribution in [0.2, 0.25) is 0 Å². The third-order valence-corrected chi connectivity index (χ3v) is 2.87. The maximum atomic E-state index is 12.3. The number of carbonyl (C=O) groups excluding carboxylic acids is 2. The summed E-state index contributed by atoms with van der Waals surface area (Å²) < 4.78 is 0. The zero-order chi connectivity index (χ0) is 14.0. The third-order valence-electron chi connectivity index (χ3n) is 2.59. The Labute approximate surface area is 116 Å². The molecule has 6 heteroatoms. The summed E-state index contributed by atoms with van der Waals surface area (Å²) in [6, 6.07) is 9.19. The number of nitrogens with one attached hydrogen (secondary N) is 1. The van der Waals surface area contributed by atoms with Crippen molar-refractivity contribution < 1.29 is 9.59 Å². The SMILES string of the molecule is CN(C)N1C(=O)C(=Cc2ccccc2)C(=O)NC1=S. The minimum atomic E-state index is -0.475. The highest BCUT2D eigenvalue weighted by Crippen LogP contribution is 2.14. The molecule has 2 rings (SSSR count). The second-order valence-corrected chi connectivity index (χ2v) is 4.58. The molecule has 0 aromatic heterocycles. The number of carbonyl (C=O) groups is 2. The molecule has 0 aliphatic carbocycles. The summed E-state index contributed by atoms with van der Waals surface area (Å²) in [7, 11) is 3.36. The molecule has 1 fully saturated rings. The molecule has 98 valence electrons. The molecule has 1 heterocycles. The maximum Gasteiger partial charge on any atom is 0.280 e. The average Bonchev–Trinajstić information content (AvgIpc) is 2.35. The van der Waals surface area contributed by atoms with Gasteiger partial charge in [-0.15, -0.1) is 0 Å². The Hall–Kier alpha value is -2.05. The van der Waals surface area contributed by atoms with Crippen LogP contribution in [-0.4, -0.2) is 41.0 Å². The molecule has 0 unspecified atom stereocenters. The van der Waals surface area contributed by atoms with Crippen LogP contribution in [0, 0.1) is 0 Å². The molecule has 1 aromatic carbocycles. The molecule has 1 N–H and O–H groups in total. The first-order valence-corrected chi connectivity index (χ1v) is 6.05. The van der Waals surface area contributed by atoms with Gasteiger partial charge in [-0.25, -0.2) is 10.0 Å². The van der Waals surface area contributed by atoms with E-state index in [1.807, 2.05) is 30.3 Å². The molecule has 1 saturated heterocycles. The summed E-state index contributed by atoms with van der Waals surface area (Å²) in [5.41, 5.74) is 0.848. The van der Waals surface area contributed by atoms with Crippen molar-refractivity contribution in [2.75, 3.05) is 14.1 Å². The topological polar surface area (TPSA) is 52.7 Å². The summed E-state index contributed by atoms with van der Waals surface area (Å²) in [5.74, 6) is -0.903. The predicted octanol–water partition coefficient (Wildman–Crippen LogP) is 0.790. The number of hydrazine groups is 1. The molecular weight excluding hydrogens is 262 g/mol. The van der Waals surface area contributed by atoms with E-state index in [0.29, 0.717) is 0 Å². The molecule has 5 nitrogen and oxygen atoms in total.